The van der Waals surface area contributed by atoms with Crippen molar-refractivity contribution in [1.82, 2.24) is 14.5 Å². The van der Waals surface area contributed by atoms with Crippen LogP contribution in [0.25, 0.3) is 0 Å². The van der Waals surface area contributed by atoms with Crippen LogP contribution in [0.15, 0.2) is 23.5 Å². The molecule has 1 atom stereocenters. The van der Waals surface area contributed by atoms with Gasteiger partial charge in [0.25, 0.3) is 0 Å². The highest BCUT2D eigenvalue weighted by molar-refractivity contribution is 8.00. The van der Waals surface area contributed by atoms with E-state index in [0.717, 1.165) is 23.1 Å². The molecule has 2 rings (SSSR count). The third-order valence-electron chi connectivity index (χ3n) is 3.64. The van der Waals surface area contributed by atoms with Crippen LogP contribution in [0, 0.1) is 19.8 Å². The average Bonchev–Trinajstić information content (AvgIpc) is 2.76. The fourth-order valence-electron chi connectivity index (χ4n) is 2.22. The first-order valence-electron chi connectivity index (χ1n) is 7.91. The number of anilines is 1. The van der Waals surface area contributed by atoms with E-state index in [-0.39, 0.29) is 16.3 Å². The second-order valence-corrected chi connectivity index (χ2v) is 7.83. The summed E-state index contributed by atoms with van der Waals surface area (Å²) >= 11 is 7.45. The molecule has 0 bridgehead atoms. The smallest absolute Gasteiger partial charge is 0.237 e. The fraction of sp³-hybridized carbons (Fsp3) is 0.471. The van der Waals surface area contributed by atoms with Crippen LogP contribution >= 0.6 is 23.4 Å². The Balaban J connectivity index is 2.12. The van der Waals surface area contributed by atoms with E-state index in [9.17, 15) is 4.79 Å². The molecular weight excluding hydrogens is 344 g/mol. The average molecular weight is 367 g/mol. The molecule has 1 unspecified atom stereocenters. The highest BCUT2D eigenvalue weighted by Gasteiger charge is 2.21. The number of halogens is 1. The number of rotatable bonds is 6. The van der Waals surface area contributed by atoms with Crippen molar-refractivity contribution < 1.29 is 4.79 Å². The van der Waals surface area contributed by atoms with Gasteiger partial charge in [0.1, 0.15) is 0 Å². The van der Waals surface area contributed by atoms with E-state index in [1.807, 2.05) is 13.8 Å². The lowest BCUT2D eigenvalue weighted by atomic mass is 10.2. The monoisotopic (exact) mass is 366 g/mol. The lowest BCUT2D eigenvalue weighted by molar-refractivity contribution is -0.115. The molecule has 0 saturated heterocycles. The molecule has 24 heavy (non-hydrogen) atoms. The molecule has 0 aliphatic carbocycles. The molecule has 2 aromatic heterocycles. The largest absolute Gasteiger partial charge is 0.323 e. The Hall–Kier alpha value is -1.53. The Morgan fingerprint density at radius 2 is 2.08 bits per heavy atom. The van der Waals surface area contributed by atoms with E-state index >= 15 is 0 Å². The molecule has 0 radical (unpaired) electrons. The summed E-state index contributed by atoms with van der Waals surface area (Å²) in [4.78, 5) is 21.0. The number of hydrogen-bond acceptors (Lipinski definition) is 4. The molecular formula is C17H23ClN4OS. The molecule has 1 amide bonds. The van der Waals surface area contributed by atoms with Crippen LogP contribution in [0.4, 0.5) is 5.69 Å². The molecule has 1 N–H and O–H groups in total. The Morgan fingerprint density at radius 1 is 1.38 bits per heavy atom. The highest BCUT2D eigenvalue weighted by atomic mass is 35.5. The van der Waals surface area contributed by atoms with Gasteiger partial charge in [0.15, 0.2) is 10.3 Å². The molecule has 2 aromatic rings. The number of pyridine rings is 1. The second-order valence-electron chi connectivity index (χ2n) is 6.16. The topological polar surface area (TPSA) is 59.8 Å². The number of nitrogens with one attached hydrogen (secondary N) is 1. The third-order valence-corrected chi connectivity index (χ3v) is 5.03. The summed E-state index contributed by atoms with van der Waals surface area (Å²) in [5.41, 5.74) is 2.67. The zero-order chi connectivity index (χ0) is 17.9. The Kier molecular flexibility index (Phi) is 6.29. The maximum absolute atomic E-state index is 12.4. The van der Waals surface area contributed by atoms with E-state index in [2.05, 4.69) is 40.6 Å². The Labute approximate surface area is 152 Å². The zero-order valence-corrected chi connectivity index (χ0v) is 16.2. The molecule has 0 spiro atoms. The molecule has 2 heterocycles. The van der Waals surface area contributed by atoms with Crippen molar-refractivity contribution in [1.29, 1.82) is 0 Å². The van der Waals surface area contributed by atoms with Gasteiger partial charge in [0, 0.05) is 18.4 Å². The van der Waals surface area contributed by atoms with Crippen LogP contribution in [0.2, 0.25) is 5.15 Å². The standard InChI is InChI=1S/C17H23ClN4OS/c1-10(2)9-22-12(4)11(3)20-17(22)24-13(5)16(23)21-14-7-6-8-19-15(14)18/h6-8,10,13H,9H2,1-5H3,(H,21,23). The molecule has 5 nitrogen and oxygen atoms in total. The summed E-state index contributed by atoms with van der Waals surface area (Å²) in [5, 5.41) is 3.68. The van der Waals surface area contributed by atoms with Gasteiger partial charge in [-0.2, -0.15) is 0 Å². The number of carbonyl (C=O) groups is 1. The van der Waals surface area contributed by atoms with Gasteiger partial charge in [-0.1, -0.05) is 37.2 Å². The van der Waals surface area contributed by atoms with Crippen molar-refractivity contribution >= 4 is 35.0 Å². The highest BCUT2D eigenvalue weighted by Crippen LogP contribution is 2.27. The first-order valence-corrected chi connectivity index (χ1v) is 9.17. The normalized spacial score (nSPS) is 12.5. The maximum atomic E-state index is 12.4. The Bertz CT molecular complexity index is 729. The van der Waals surface area contributed by atoms with Gasteiger partial charge in [-0.3, -0.25) is 4.79 Å². The van der Waals surface area contributed by atoms with Crippen LogP contribution < -0.4 is 5.32 Å². The number of amides is 1. The van der Waals surface area contributed by atoms with E-state index in [1.54, 1.807) is 18.3 Å². The van der Waals surface area contributed by atoms with Gasteiger partial charge >= 0.3 is 0 Å². The van der Waals surface area contributed by atoms with Gasteiger partial charge < -0.3 is 9.88 Å². The third kappa shape index (κ3) is 4.51. The van der Waals surface area contributed by atoms with Crippen molar-refractivity contribution in [2.24, 2.45) is 5.92 Å². The quantitative estimate of drug-likeness (QED) is 0.610. The molecule has 0 aromatic carbocycles. The first-order chi connectivity index (χ1) is 11.3. The van der Waals surface area contributed by atoms with Crippen LogP contribution in [0.3, 0.4) is 0 Å². The van der Waals surface area contributed by atoms with Crippen molar-refractivity contribution in [2.75, 3.05) is 5.32 Å². The maximum Gasteiger partial charge on any atom is 0.237 e. The summed E-state index contributed by atoms with van der Waals surface area (Å²) < 4.78 is 2.19. The van der Waals surface area contributed by atoms with Crippen molar-refractivity contribution in [3.8, 4) is 0 Å². The summed E-state index contributed by atoms with van der Waals surface area (Å²) in [5.74, 6) is 0.388. The number of imidazole rings is 1. The van der Waals surface area contributed by atoms with Crippen LogP contribution in [-0.2, 0) is 11.3 Å². The predicted molar refractivity (Wildman–Crippen MR) is 99.7 cm³/mol. The number of aromatic nitrogens is 3. The van der Waals surface area contributed by atoms with Crippen molar-refractivity contribution in [2.45, 2.75) is 51.6 Å². The minimum atomic E-state index is -0.298. The summed E-state index contributed by atoms with van der Waals surface area (Å²) in [6.45, 7) is 11.2. The van der Waals surface area contributed by atoms with Gasteiger partial charge in [0.2, 0.25) is 5.91 Å². The van der Waals surface area contributed by atoms with Crippen LogP contribution in [-0.4, -0.2) is 25.7 Å². The van der Waals surface area contributed by atoms with E-state index < -0.39 is 0 Å². The first kappa shape index (κ1) is 18.8. The lowest BCUT2D eigenvalue weighted by Gasteiger charge is -2.15. The molecule has 0 fully saturated rings. The number of thioether (sulfide) groups is 1. The fourth-order valence-corrected chi connectivity index (χ4v) is 3.40. The number of aryl methyl sites for hydroxylation is 1. The molecule has 0 saturated carbocycles. The van der Waals surface area contributed by atoms with E-state index in [0.29, 0.717) is 11.6 Å². The molecule has 130 valence electrons. The summed E-state index contributed by atoms with van der Waals surface area (Å²) in [7, 11) is 0. The van der Waals surface area contributed by atoms with Crippen molar-refractivity contribution in [3.05, 3.63) is 34.9 Å². The van der Waals surface area contributed by atoms with Gasteiger partial charge in [0.05, 0.1) is 16.6 Å². The number of carbonyl (C=O) groups excluding carboxylic acids is 1. The predicted octanol–water partition coefficient (Wildman–Crippen LogP) is 4.32. The van der Waals surface area contributed by atoms with E-state index in [1.165, 1.54) is 11.8 Å². The molecule has 7 heteroatoms. The summed E-state index contributed by atoms with van der Waals surface area (Å²) in [6, 6.07) is 3.47. The van der Waals surface area contributed by atoms with Crippen LogP contribution in [0.5, 0.6) is 0 Å². The number of nitrogens with zero attached hydrogens (tertiary/aromatic N) is 3. The summed E-state index contributed by atoms with van der Waals surface area (Å²) in [6.07, 6.45) is 1.59. The van der Waals surface area contributed by atoms with Gasteiger partial charge in [-0.05, 0) is 38.8 Å². The molecule has 0 aliphatic heterocycles. The van der Waals surface area contributed by atoms with E-state index in [4.69, 9.17) is 11.6 Å². The SMILES string of the molecule is Cc1nc(SC(C)C(=O)Nc2cccnc2Cl)n(CC(C)C)c1C. The Morgan fingerprint density at radius 3 is 2.71 bits per heavy atom. The lowest BCUT2D eigenvalue weighted by Crippen LogP contribution is -2.23. The van der Waals surface area contributed by atoms with Crippen molar-refractivity contribution in [3.63, 3.8) is 0 Å². The minimum Gasteiger partial charge on any atom is -0.323 e. The number of hydrogen-bond donors (Lipinski definition) is 1. The zero-order valence-electron chi connectivity index (χ0n) is 14.6. The van der Waals surface area contributed by atoms with Gasteiger partial charge in [-0.15, -0.1) is 0 Å². The minimum absolute atomic E-state index is 0.121. The van der Waals surface area contributed by atoms with Gasteiger partial charge in [-0.25, -0.2) is 9.97 Å². The second kappa shape index (κ2) is 8.03. The van der Waals surface area contributed by atoms with Crippen LogP contribution in [0.1, 0.15) is 32.2 Å². The molecule has 0 aliphatic rings.